The van der Waals surface area contributed by atoms with Crippen LogP contribution < -0.4 is 4.90 Å². The third-order valence-electron chi connectivity index (χ3n) is 5.10. The van der Waals surface area contributed by atoms with Crippen molar-refractivity contribution in [2.75, 3.05) is 13.1 Å². The number of para-hydroxylation sites is 1. The van der Waals surface area contributed by atoms with E-state index >= 15 is 0 Å². The van der Waals surface area contributed by atoms with Crippen LogP contribution in [0.1, 0.15) is 19.4 Å². The summed E-state index contributed by atoms with van der Waals surface area (Å²) in [5, 5.41) is 30.7. The lowest BCUT2D eigenvalue weighted by Crippen LogP contribution is -3.06. The van der Waals surface area contributed by atoms with Gasteiger partial charge in [-0.25, -0.2) is 9.78 Å². The molecule has 0 aliphatic heterocycles. The third kappa shape index (κ3) is 5.59. The zero-order valence-electron chi connectivity index (χ0n) is 17.8. The number of carboxylic acid groups (broad SMARTS) is 1. The Morgan fingerprint density at radius 2 is 1.88 bits per heavy atom. The number of rotatable bonds is 10. The van der Waals surface area contributed by atoms with Crippen LogP contribution in [0, 0.1) is 10.1 Å². The highest BCUT2D eigenvalue weighted by atomic mass is 32.1. The van der Waals surface area contributed by atoms with Crippen LogP contribution >= 0.6 is 11.3 Å². The van der Waals surface area contributed by atoms with Gasteiger partial charge in [0.1, 0.15) is 5.69 Å². The van der Waals surface area contributed by atoms with Gasteiger partial charge in [-0.1, -0.05) is 18.2 Å². The lowest BCUT2D eigenvalue weighted by atomic mass is 10.0. The Balaban J connectivity index is 1.75. The summed E-state index contributed by atoms with van der Waals surface area (Å²) in [6.07, 6.45) is -0.136. The number of hydrogen-bond donors (Lipinski definition) is 2. The van der Waals surface area contributed by atoms with Gasteiger partial charge in [0.05, 0.1) is 23.7 Å². The largest absolute Gasteiger partial charge is 0.480 e. The molecule has 9 nitrogen and oxygen atoms in total. The zero-order chi connectivity index (χ0) is 23.1. The molecule has 1 heterocycles. The molecule has 3 aromatic rings. The Morgan fingerprint density at radius 3 is 2.50 bits per heavy atom. The van der Waals surface area contributed by atoms with Gasteiger partial charge < -0.3 is 10.0 Å². The van der Waals surface area contributed by atoms with Crippen molar-refractivity contribution in [1.29, 1.82) is 0 Å². The van der Waals surface area contributed by atoms with Crippen LogP contribution in [-0.2, 0) is 11.2 Å². The van der Waals surface area contributed by atoms with Crippen LogP contribution in [-0.4, -0.2) is 40.1 Å². The highest BCUT2D eigenvalue weighted by Crippen LogP contribution is 2.28. The zero-order valence-corrected chi connectivity index (χ0v) is 18.6. The number of nitro groups is 1. The SMILES string of the molecule is CC[NH+](CC)c1ccc(-c2csc(N=NC(Cc3ccccc3[N+](=O)[O-])C(=O)O)n2)cc1. The molecule has 0 saturated carbocycles. The number of carboxylic acids is 1. The number of hydrogen-bond acceptors (Lipinski definition) is 7. The van der Waals surface area contributed by atoms with Crippen molar-refractivity contribution in [3.05, 3.63) is 69.6 Å². The van der Waals surface area contributed by atoms with E-state index in [4.69, 9.17) is 0 Å². The average Bonchev–Trinajstić information content (AvgIpc) is 3.27. The predicted molar refractivity (Wildman–Crippen MR) is 122 cm³/mol. The van der Waals surface area contributed by atoms with Crippen LogP contribution in [0.4, 0.5) is 16.5 Å². The van der Waals surface area contributed by atoms with Gasteiger partial charge in [0.2, 0.25) is 5.13 Å². The lowest BCUT2D eigenvalue weighted by Gasteiger charge is -2.14. The molecule has 1 aromatic heterocycles. The first kappa shape index (κ1) is 23.2. The molecule has 0 amide bonds. The number of benzene rings is 2. The van der Waals surface area contributed by atoms with Crippen molar-refractivity contribution in [3.63, 3.8) is 0 Å². The Bertz CT molecular complexity index is 1110. The average molecular weight is 455 g/mol. The van der Waals surface area contributed by atoms with E-state index in [1.165, 1.54) is 40.1 Å². The fourth-order valence-corrected chi connectivity index (χ4v) is 4.00. The molecule has 1 unspecified atom stereocenters. The molecule has 10 heteroatoms. The van der Waals surface area contributed by atoms with E-state index in [1.54, 1.807) is 6.07 Å². The van der Waals surface area contributed by atoms with Crippen LogP contribution in [0.5, 0.6) is 0 Å². The van der Waals surface area contributed by atoms with E-state index < -0.39 is 16.9 Å². The number of nitrogens with zero attached hydrogens (tertiary/aromatic N) is 4. The van der Waals surface area contributed by atoms with E-state index in [0.717, 1.165) is 24.3 Å². The molecule has 0 aliphatic rings. The lowest BCUT2D eigenvalue weighted by molar-refractivity contribution is -0.828. The number of nitrogens with one attached hydrogen (secondary N) is 1. The van der Waals surface area contributed by atoms with Crippen molar-refractivity contribution >= 4 is 33.8 Å². The molecule has 2 aromatic carbocycles. The molecule has 0 radical (unpaired) electrons. The summed E-state index contributed by atoms with van der Waals surface area (Å²) in [4.78, 5) is 28.1. The number of aromatic nitrogens is 1. The Labute approximate surface area is 189 Å². The first-order valence-electron chi connectivity index (χ1n) is 10.2. The summed E-state index contributed by atoms with van der Waals surface area (Å²) in [6, 6.07) is 12.9. The topological polar surface area (TPSA) is 122 Å². The summed E-state index contributed by atoms with van der Waals surface area (Å²) >= 11 is 1.25. The van der Waals surface area contributed by atoms with Crippen LogP contribution in [0.3, 0.4) is 0 Å². The van der Waals surface area contributed by atoms with Crippen molar-refractivity contribution in [2.24, 2.45) is 10.2 Å². The molecule has 0 fully saturated rings. The molecule has 2 N–H and O–H groups in total. The van der Waals surface area contributed by atoms with Crippen LogP contribution in [0.15, 0.2) is 64.1 Å². The highest BCUT2D eigenvalue weighted by molar-refractivity contribution is 7.13. The number of quaternary nitrogens is 1. The second-order valence-corrected chi connectivity index (χ2v) is 7.90. The van der Waals surface area contributed by atoms with Crippen LogP contribution in [0.2, 0.25) is 0 Å². The molecule has 0 aliphatic carbocycles. The molecule has 32 heavy (non-hydrogen) atoms. The van der Waals surface area contributed by atoms with Crippen molar-refractivity contribution in [3.8, 4) is 11.3 Å². The smallest absolute Gasteiger partial charge is 0.330 e. The Morgan fingerprint density at radius 1 is 1.19 bits per heavy atom. The van der Waals surface area contributed by atoms with Crippen molar-refractivity contribution in [1.82, 2.24) is 4.98 Å². The summed E-state index contributed by atoms with van der Waals surface area (Å²) in [7, 11) is 0. The van der Waals surface area contributed by atoms with Gasteiger partial charge in [-0.3, -0.25) is 10.1 Å². The first-order valence-corrected chi connectivity index (χ1v) is 11.1. The monoisotopic (exact) mass is 454 g/mol. The predicted octanol–water partition coefficient (Wildman–Crippen LogP) is 4.05. The maximum atomic E-state index is 11.6. The second-order valence-electron chi connectivity index (χ2n) is 7.06. The minimum absolute atomic E-state index is 0.136. The van der Waals surface area contributed by atoms with Gasteiger partial charge in [0.25, 0.3) is 5.69 Å². The number of carbonyl (C=O) groups is 1. The van der Waals surface area contributed by atoms with Crippen LogP contribution in [0.25, 0.3) is 11.3 Å². The number of azo groups is 1. The minimum atomic E-state index is -1.25. The van der Waals surface area contributed by atoms with Gasteiger partial charge in [-0.15, -0.1) is 16.5 Å². The summed E-state index contributed by atoms with van der Waals surface area (Å²) in [6.45, 7) is 6.30. The van der Waals surface area contributed by atoms with Gasteiger partial charge >= 0.3 is 5.97 Å². The van der Waals surface area contributed by atoms with E-state index in [9.17, 15) is 20.0 Å². The Kier molecular flexibility index (Phi) is 7.74. The normalized spacial score (nSPS) is 12.3. The standard InChI is InChI=1S/C22H23N5O4S/c1-3-26(4-2)17-11-9-15(10-12-17)19-14-32-22(23-19)25-24-18(21(28)29)13-16-7-5-6-8-20(16)27(30)31/h5-12,14,18H,3-4,13H2,1-2H3,(H,28,29)/p+1. The minimum Gasteiger partial charge on any atom is -0.480 e. The molecular formula is C22H24N5O4S+. The molecule has 0 saturated heterocycles. The fourth-order valence-electron chi connectivity index (χ4n) is 3.34. The molecule has 0 spiro atoms. The number of aliphatic carboxylic acids is 1. The van der Waals surface area contributed by atoms with Gasteiger partial charge in [0, 0.05) is 29.0 Å². The fraction of sp³-hybridized carbons (Fsp3) is 0.273. The summed E-state index contributed by atoms with van der Waals surface area (Å²) in [5.41, 5.74) is 3.04. The van der Waals surface area contributed by atoms with E-state index in [2.05, 4.69) is 41.2 Å². The summed E-state index contributed by atoms with van der Waals surface area (Å²) in [5.74, 6) is -1.21. The van der Waals surface area contributed by atoms with Gasteiger partial charge in [0.15, 0.2) is 6.04 Å². The van der Waals surface area contributed by atoms with E-state index in [1.807, 2.05) is 17.5 Å². The quantitative estimate of drug-likeness (QED) is 0.272. The second kappa shape index (κ2) is 10.7. The molecule has 0 bridgehead atoms. The first-order chi connectivity index (χ1) is 15.4. The number of nitro benzene ring substituents is 1. The number of thiazole rings is 1. The van der Waals surface area contributed by atoms with Crippen molar-refractivity contribution in [2.45, 2.75) is 26.3 Å². The maximum absolute atomic E-state index is 11.6. The maximum Gasteiger partial charge on any atom is 0.330 e. The van der Waals surface area contributed by atoms with Gasteiger partial charge in [-0.2, -0.15) is 5.11 Å². The molecule has 3 rings (SSSR count). The third-order valence-corrected chi connectivity index (χ3v) is 5.83. The molecule has 166 valence electrons. The van der Waals surface area contributed by atoms with E-state index in [-0.39, 0.29) is 12.1 Å². The molecule has 1 atom stereocenters. The van der Waals surface area contributed by atoms with Crippen molar-refractivity contribution < 1.29 is 19.7 Å². The van der Waals surface area contributed by atoms with E-state index in [0.29, 0.717) is 10.7 Å². The Hall–Kier alpha value is -3.50. The highest BCUT2D eigenvalue weighted by Gasteiger charge is 2.22. The van der Waals surface area contributed by atoms with Gasteiger partial charge in [-0.05, 0) is 38.1 Å². The summed E-state index contributed by atoms with van der Waals surface area (Å²) < 4.78 is 0. The molecular weight excluding hydrogens is 430 g/mol.